The third-order valence-corrected chi connectivity index (χ3v) is 3.59. The molecule has 2 rings (SSSR count). The molecule has 0 spiro atoms. The van der Waals surface area contributed by atoms with E-state index in [1.54, 1.807) is 18.1 Å². The summed E-state index contributed by atoms with van der Waals surface area (Å²) in [4.78, 5) is 11.4. The number of H-pyrrole nitrogens is 1. The first-order valence-corrected chi connectivity index (χ1v) is 7.25. The van der Waals surface area contributed by atoms with Gasteiger partial charge in [-0.1, -0.05) is 35.5 Å². The third-order valence-electron chi connectivity index (χ3n) is 2.51. The Balaban J connectivity index is 1.74. The number of aliphatic imine (C=N–C) groups is 1. The SMILES string of the molecule is NC(=NCc1ccc(Cl)cc1)SCCc1cnc[nH]1. The van der Waals surface area contributed by atoms with Crippen molar-refractivity contribution in [1.82, 2.24) is 9.97 Å². The molecule has 2 aromatic rings. The fourth-order valence-corrected chi connectivity index (χ4v) is 2.30. The first-order valence-electron chi connectivity index (χ1n) is 5.88. The van der Waals surface area contributed by atoms with Gasteiger partial charge < -0.3 is 10.7 Å². The summed E-state index contributed by atoms with van der Waals surface area (Å²) < 4.78 is 0. The highest BCUT2D eigenvalue weighted by molar-refractivity contribution is 8.13. The normalized spacial score (nSPS) is 11.7. The van der Waals surface area contributed by atoms with Gasteiger partial charge in [-0.2, -0.15) is 0 Å². The van der Waals surface area contributed by atoms with Crippen LogP contribution in [0.2, 0.25) is 5.02 Å². The highest BCUT2D eigenvalue weighted by Gasteiger charge is 1.98. The summed E-state index contributed by atoms with van der Waals surface area (Å²) in [6.45, 7) is 0.583. The lowest BCUT2D eigenvalue weighted by Gasteiger charge is -2.01. The van der Waals surface area contributed by atoms with E-state index in [1.807, 2.05) is 30.5 Å². The van der Waals surface area contributed by atoms with E-state index in [9.17, 15) is 0 Å². The molecule has 0 radical (unpaired) electrons. The van der Waals surface area contributed by atoms with Crippen LogP contribution in [0.15, 0.2) is 41.8 Å². The fourth-order valence-electron chi connectivity index (χ4n) is 1.49. The molecule has 0 atom stereocenters. The van der Waals surface area contributed by atoms with Crippen LogP contribution in [-0.4, -0.2) is 20.9 Å². The van der Waals surface area contributed by atoms with Gasteiger partial charge in [0, 0.05) is 22.7 Å². The van der Waals surface area contributed by atoms with Crippen LogP contribution in [0.1, 0.15) is 11.3 Å². The molecular weight excluding hydrogens is 280 g/mol. The van der Waals surface area contributed by atoms with Crippen LogP contribution in [0.25, 0.3) is 0 Å². The molecule has 0 aliphatic carbocycles. The van der Waals surface area contributed by atoms with Crippen LogP contribution in [-0.2, 0) is 13.0 Å². The van der Waals surface area contributed by atoms with E-state index in [1.165, 1.54) is 0 Å². The quantitative estimate of drug-likeness (QED) is 0.658. The van der Waals surface area contributed by atoms with E-state index in [-0.39, 0.29) is 0 Å². The Morgan fingerprint density at radius 1 is 1.37 bits per heavy atom. The standard InChI is InChI=1S/C13H15ClN4S/c14-11-3-1-10(2-4-11)7-17-13(15)19-6-5-12-8-16-9-18-12/h1-4,8-9H,5-7H2,(H2,15,17)(H,16,18). The number of aryl methyl sites for hydroxylation is 1. The summed E-state index contributed by atoms with van der Waals surface area (Å²) in [5.74, 6) is 0.887. The monoisotopic (exact) mass is 294 g/mol. The van der Waals surface area contributed by atoms with Gasteiger partial charge in [-0.3, -0.25) is 4.99 Å². The van der Waals surface area contributed by atoms with E-state index in [0.717, 1.165) is 28.5 Å². The van der Waals surface area contributed by atoms with Crippen LogP contribution in [0.5, 0.6) is 0 Å². The number of nitrogens with zero attached hydrogens (tertiary/aromatic N) is 2. The smallest absolute Gasteiger partial charge is 0.154 e. The average Bonchev–Trinajstić information content (AvgIpc) is 2.91. The molecule has 0 amide bonds. The second kappa shape index (κ2) is 7.21. The minimum absolute atomic E-state index is 0.583. The maximum Gasteiger partial charge on any atom is 0.154 e. The molecule has 3 N–H and O–H groups in total. The van der Waals surface area contributed by atoms with Crippen molar-refractivity contribution in [2.45, 2.75) is 13.0 Å². The number of rotatable bonds is 5. The number of hydrogen-bond acceptors (Lipinski definition) is 3. The zero-order chi connectivity index (χ0) is 13.5. The number of thioether (sulfide) groups is 1. The molecule has 6 heteroatoms. The van der Waals surface area contributed by atoms with Crippen LogP contribution in [0, 0.1) is 0 Å². The molecule has 1 aromatic heterocycles. The lowest BCUT2D eigenvalue weighted by atomic mass is 10.2. The summed E-state index contributed by atoms with van der Waals surface area (Å²) in [6.07, 6.45) is 4.40. The highest BCUT2D eigenvalue weighted by atomic mass is 35.5. The molecule has 0 saturated carbocycles. The minimum atomic E-state index is 0.583. The molecule has 0 aliphatic rings. The van der Waals surface area contributed by atoms with Crippen LogP contribution in [0.3, 0.4) is 0 Å². The highest BCUT2D eigenvalue weighted by Crippen LogP contribution is 2.11. The van der Waals surface area contributed by atoms with Crippen molar-refractivity contribution in [3.05, 3.63) is 53.1 Å². The van der Waals surface area contributed by atoms with Crippen molar-refractivity contribution in [1.29, 1.82) is 0 Å². The number of amidine groups is 1. The first-order chi connectivity index (χ1) is 9.24. The summed E-state index contributed by atoms with van der Waals surface area (Å²) in [5, 5.41) is 1.34. The van der Waals surface area contributed by atoms with Crippen molar-refractivity contribution in [3.8, 4) is 0 Å². The Morgan fingerprint density at radius 3 is 2.84 bits per heavy atom. The number of nitrogens with one attached hydrogen (secondary N) is 1. The van der Waals surface area contributed by atoms with Crippen molar-refractivity contribution < 1.29 is 0 Å². The molecular formula is C13H15ClN4S. The van der Waals surface area contributed by atoms with Crippen LogP contribution < -0.4 is 5.73 Å². The van der Waals surface area contributed by atoms with E-state index < -0.39 is 0 Å². The lowest BCUT2D eigenvalue weighted by Crippen LogP contribution is -2.08. The number of nitrogens with two attached hydrogens (primary N) is 1. The third kappa shape index (κ3) is 4.96. The Labute approximate surface area is 121 Å². The average molecular weight is 295 g/mol. The summed E-state index contributed by atoms with van der Waals surface area (Å²) in [6, 6.07) is 7.62. The van der Waals surface area contributed by atoms with Gasteiger partial charge in [-0.25, -0.2) is 4.98 Å². The molecule has 1 heterocycles. The predicted molar refractivity (Wildman–Crippen MR) is 81.5 cm³/mol. The van der Waals surface area contributed by atoms with Crippen LogP contribution in [0.4, 0.5) is 0 Å². The number of hydrogen-bond donors (Lipinski definition) is 2. The van der Waals surface area contributed by atoms with Gasteiger partial charge in [0.1, 0.15) is 0 Å². The van der Waals surface area contributed by atoms with E-state index in [4.69, 9.17) is 17.3 Å². The van der Waals surface area contributed by atoms with E-state index in [0.29, 0.717) is 11.7 Å². The minimum Gasteiger partial charge on any atom is -0.379 e. The molecule has 0 unspecified atom stereocenters. The topological polar surface area (TPSA) is 67.1 Å². The second-order valence-electron chi connectivity index (χ2n) is 3.96. The van der Waals surface area contributed by atoms with Crippen molar-refractivity contribution in [2.24, 2.45) is 10.7 Å². The fraction of sp³-hybridized carbons (Fsp3) is 0.231. The number of aromatic amines is 1. The number of imidazole rings is 1. The van der Waals surface area contributed by atoms with Gasteiger partial charge in [0.2, 0.25) is 0 Å². The Morgan fingerprint density at radius 2 is 2.16 bits per heavy atom. The van der Waals surface area contributed by atoms with Crippen molar-refractivity contribution >= 4 is 28.5 Å². The Bertz CT molecular complexity index is 522. The zero-order valence-electron chi connectivity index (χ0n) is 10.3. The van der Waals surface area contributed by atoms with Crippen LogP contribution >= 0.6 is 23.4 Å². The van der Waals surface area contributed by atoms with Gasteiger partial charge >= 0.3 is 0 Å². The summed E-state index contributed by atoms with van der Waals surface area (Å²) >= 11 is 7.37. The molecule has 100 valence electrons. The van der Waals surface area contributed by atoms with Gasteiger partial charge in [-0.15, -0.1) is 0 Å². The molecule has 1 aromatic carbocycles. The van der Waals surface area contributed by atoms with Crippen molar-refractivity contribution in [3.63, 3.8) is 0 Å². The number of aromatic nitrogens is 2. The molecule has 0 saturated heterocycles. The maximum atomic E-state index is 5.85. The Hall–Kier alpha value is -1.46. The van der Waals surface area contributed by atoms with Crippen molar-refractivity contribution in [2.75, 3.05) is 5.75 Å². The van der Waals surface area contributed by atoms with E-state index >= 15 is 0 Å². The molecule has 19 heavy (non-hydrogen) atoms. The maximum absolute atomic E-state index is 5.85. The lowest BCUT2D eigenvalue weighted by molar-refractivity contribution is 1.07. The number of halogens is 1. The van der Waals surface area contributed by atoms with Gasteiger partial charge in [0.05, 0.1) is 12.9 Å². The van der Waals surface area contributed by atoms with Gasteiger partial charge in [-0.05, 0) is 24.1 Å². The Kier molecular flexibility index (Phi) is 5.30. The van der Waals surface area contributed by atoms with Gasteiger partial charge in [0.25, 0.3) is 0 Å². The second-order valence-corrected chi connectivity index (χ2v) is 5.51. The van der Waals surface area contributed by atoms with Gasteiger partial charge in [0.15, 0.2) is 5.17 Å². The largest absolute Gasteiger partial charge is 0.379 e. The molecule has 0 fully saturated rings. The summed E-state index contributed by atoms with van der Waals surface area (Å²) in [7, 11) is 0. The molecule has 4 nitrogen and oxygen atoms in total. The van der Waals surface area contributed by atoms with E-state index in [2.05, 4.69) is 15.0 Å². The predicted octanol–water partition coefficient (Wildman–Crippen LogP) is 2.85. The zero-order valence-corrected chi connectivity index (χ0v) is 11.9. The number of benzene rings is 1. The molecule has 0 bridgehead atoms. The first kappa shape index (κ1) is 14.0. The molecule has 0 aliphatic heterocycles. The summed E-state index contributed by atoms with van der Waals surface area (Å²) in [5.41, 5.74) is 8.06.